The number of methoxy groups -OCH3 is 2. The van der Waals surface area contributed by atoms with E-state index in [9.17, 15) is 27.9 Å². The van der Waals surface area contributed by atoms with E-state index in [4.69, 9.17) is 9.47 Å². The number of halogens is 4. The molecular weight excluding hydrogens is 586 g/mol. The minimum atomic E-state index is -4.88. The van der Waals surface area contributed by atoms with Crippen LogP contribution < -0.4 is 9.64 Å². The molecule has 1 aromatic carbocycles. The molecule has 44 heavy (non-hydrogen) atoms. The van der Waals surface area contributed by atoms with E-state index in [0.717, 1.165) is 25.7 Å². The van der Waals surface area contributed by atoms with Crippen molar-refractivity contribution in [2.24, 2.45) is 11.8 Å². The van der Waals surface area contributed by atoms with Gasteiger partial charge < -0.3 is 29.1 Å². The maximum absolute atomic E-state index is 16.4. The molecule has 1 amide bonds. The molecule has 4 aliphatic rings. The number of benzene rings is 1. The maximum atomic E-state index is 16.4. The van der Waals surface area contributed by atoms with Crippen molar-refractivity contribution >= 4 is 17.6 Å². The second kappa shape index (κ2) is 13.4. The molecule has 0 aromatic heterocycles. The molecule has 3 heterocycles. The average molecular weight is 630 g/mol. The number of piperidine rings is 1. The summed E-state index contributed by atoms with van der Waals surface area (Å²) >= 11 is 0. The Kier molecular flexibility index (Phi) is 9.96. The van der Waals surface area contributed by atoms with Crippen LogP contribution in [0.5, 0.6) is 5.75 Å². The molecule has 0 bridgehead atoms. The first-order valence-electron chi connectivity index (χ1n) is 15.5. The fourth-order valence-electron chi connectivity index (χ4n) is 7.66. The van der Waals surface area contributed by atoms with E-state index in [1.807, 2.05) is 4.90 Å². The molecule has 0 spiro atoms. The molecule has 1 aliphatic carbocycles. The van der Waals surface area contributed by atoms with Crippen molar-refractivity contribution in [3.63, 3.8) is 0 Å². The number of carbonyl (C=O) groups is 2. The fraction of sp³-hybridized carbons (Fsp3) is 0.742. The van der Waals surface area contributed by atoms with E-state index in [1.165, 1.54) is 12.1 Å². The van der Waals surface area contributed by atoms with Crippen LogP contribution in [0.25, 0.3) is 0 Å². The van der Waals surface area contributed by atoms with Crippen LogP contribution in [0.2, 0.25) is 0 Å². The molecule has 0 radical (unpaired) electrons. The van der Waals surface area contributed by atoms with Crippen LogP contribution in [-0.2, 0) is 19.1 Å². The Morgan fingerprint density at radius 2 is 1.73 bits per heavy atom. The number of carbonyl (C=O) groups excluding carboxylic acids is 1. The Hall–Kier alpha value is -2.64. The summed E-state index contributed by atoms with van der Waals surface area (Å²) in [6, 6.07) is 4.40. The Morgan fingerprint density at radius 1 is 1.02 bits per heavy atom. The molecule has 3 aliphatic heterocycles. The van der Waals surface area contributed by atoms with E-state index in [0.29, 0.717) is 43.7 Å². The highest BCUT2D eigenvalue weighted by molar-refractivity contribution is 5.86. The molecule has 4 fully saturated rings. The Labute approximate surface area is 255 Å². The molecule has 1 saturated carbocycles. The molecule has 1 N–H and O–H groups in total. The van der Waals surface area contributed by atoms with E-state index in [-0.39, 0.29) is 62.4 Å². The topological polar surface area (TPSA) is 91.8 Å². The minimum Gasteiger partial charge on any atom is -0.481 e. The molecular formula is C31H43F4N3O6. The number of alkyl halides is 4. The lowest BCUT2D eigenvalue weighted by atomic mass is 9.87. The van der Waals surface area contributed by atoms with Crippen molar-refractivity contribution in [3.8, 4) is 5.75 Å². The van der Waals surface area contributed by atoms with Gasteiger partial charge in [-0.25, -0.2) is 4.39 Å². The summed E-state index contributed by atoms with van der Waals surface area (Å²) in [5.74, 6) is -2.87. The molecule has 3 atom stereocenters. The van der Waals surface area contributed by atoms with Gasteiger partial charge in [0.05, 0.1) is 18.6 Å². The number of amides is 1. The van der Waals surface area contributed by atoms with Crippen LogP contribution in [0.4, 0.5) is 23.2 Å². The van der Waals surface area contributed by atoms with Crippen LogP contribution in [0, 0.1) is 11.8 Å². The van der Waals surface area contributed by atoms with Gasteiger partial charge in [0.25, 0.3) is 5.91 Å². The number of rotatable bonds is 9. The minimum absolute atomic E-state index is 0.0531. The number of anilines is 1. The van der Waals surface area contributed by atoms with Gasteiger partial charge >= 0.3 is 12.3 Å². The molecule has 1 aromatic rings. The zero-order valence-corrected chi connectivity index (χ0v) is 25.4. The zero-order valence-electron chi connectivity index (χ0n) is 25.4. The van der Waals surface area contributed by atoms with Gasteiger partial charge in [-0.05, 0) is 50.2 Å². The molecule has 9 nitrogen and oxygen atoms in total. The van der Waals surface area contributed by atoms with Crippen molar-refractivity contribution in [2.45, 2.75) is 75.0 Å². The average Bonchev–Trinajstić information content (AvgIpc) is 3.61. The molecule has 3 saturated heterocycles. The second-order valence-electron chi connectivity index (χ2n) is 12.8. The van der Waals surface area contributed by atoms with Crippen molar-refractivity contribution in [1.29, 1.82) is 0 Å². The van der Waals surface area contributed by atoms with E-state index < -0.39 is 29.8 Å². The van der Waals surface area contributed by atoms with Gasteiger partial charge in [0.15, 0.2) is 0 Å². The van der Waals surface area contributed by atoms with Crippen LogP contribution in [-0.4, -0.2) is 111 Å². The Morgan fingerprint density at radius 3 is 2.34 bits per heavy atom. The lowest BCUT2D eigenvalue weighted by molar-refractivity contribution is -0.274. The number of carboxylic acids is 1. The highest BCUT2D eigenvalue weighted by Gasteiger charge is 2.51. The molecule has 246 valence electrons. The Balaban J connectivity index is 1.35. The van der Waals surface area contributed by atoms with Gasteiger partial charge in [-0.15, -0.1) is 13.2 Å². The number of nitrogens with zero attached hydrogens (tertiary/aromatic N) is 3. The standard InChI is InChI=1S/C31H43F4N3O6/c1-42-18-21-16-38(29(41)30(32)11-14-37(19-30)22-3-5-23(43-2)6-4-22)17-26(21)25-8-7-24(44-31(33,34)35)15-27(25)36-12-9-20(10-13-36)28(39)40/h7-8,15,20-23,26H,3-6,9-14,16-19H2,1-2H3,(H,39,40)/t21-,22-,23-,26+,30-/m1/s1. The highest BCUT2D eigenvalue weighted by atomic mass is 19.4. The summed E-state index contributed by atoms with van der Waals surface area (Å²) in [5.41, 5.74) is -0.789. The molecule has 5 rings (SSSR count). The van der Waals surface area contributed by atoms with E-state index >= 15 is 4.39 Å². The summed E-state index contributed by atoms with van der Waals surface area (Å²) in [4.78, 5) is 30.8. The van der Waals surface area contributed by atoms with Gasteiger partial charge in [0.2, 0.25) is 5.67 Å². The van der Waals surface area contributed by atoms with Crippen LogP contribution in [0.1, 0.15) is 56.4 Å². The van der Waals surface area contributed by atoms with Crippen molar-refractivity contribution in [3.05, 3.63) is 23.8 Å². The summed E-state index contributed by atoms with van der Waals surface area (Å²) in [6.45, 7) is 2.01. The van der Waals surface area contributed by atoms with Gasteiger partial charge in [-0.1, -0.05) is 6.07 Å². The van der Waals surface area contributed by atoms with Crippen molar-refractivity contribution in [1.82, 2.24) is 9.80 Å². The molecule has 0 unspecified atom stereocenters. The van der Waals surface area contributed by atoms with Crippen LogP contribution in [0.15, 0.2) is 18.2 Å². The normalized spacial score (nSPS) is 30.6. The third-order valence-corrected chi connectivity index (χ3v) is 10.1. The lowest BCUT2D eigenvalue weighted by Gasteiger charge is -2.35. The maximum Gasteiger partial charge on any atom is 0.573 e. The predicted octanol–water partition coefficient (Wildman–Crippen LogP) is 4.45. The smallest absolute Gasteiger partial charge is 0.481 e. The first-order chi connectivity index (χ1) is 20.9. The SMILES string of the molecule is COC[C@H]1CN(C(=O)[C@@]2(F)CCN([C@H]3CC[C@H](OC)CC3)C2)C[C@@H]1c1ccc(OC(F)(F)F)cc1N1CCC(C(=O)O)CC1. The van der Waals surface area contributed by atoms with Gasteiger partial charge in [-0.2, -0.15) is 0 Å². The first kappa shape index (κ1) is 32.7. The summed E-state index contributed by atoms with van der Waals surface area (Å²) in [5, 5.41) is 9.44. The van der Waals surface area contributed by atoms with Crippen molar-refractivity contribution < 1.29 is 46.5 Å². The first-order valence-corrected chi connectivity index (χ1v) is 15.5. The van der Waals surface area contributed by atoms with Crippen LogP contribution in [0.3, 0.4) is 0 Å². The second-order valence-corrected chi connectivity index (χ2v) is 12.8. The lowest BCUT2D eigenvalue weighted by Crippen LogP contribution is -2.48. The Bertz CT molecular complexity index is 1170. The van der Waals surface area contributed by atoms with Crippen molar-refractivity contribution in [2.75, 3.05) is 65.0 Å². The summed E-state index contributed by atoms with van der Waals surface area (Å²) < 4.78 is 70.9. The van der Waals surface area contributed by atoms with Gasteiger partial charge in [-0.3, -0.25) is 14.5 Å². The third-order valence-electron chi connectivity index (χ3n) is 10.1. The number of ether oxygens (including phenoxy) is 3. The number of hydrogen-bond donors (Lipinski definition) is 1. The van der Waals surface area contributed by atoms with E-state index in [2.05, 4.69) is 9.64 Å². The number of aliphatic carboxylic acids is 1. The van der Waals surface area contributed by atoms with Gasteiger partial charge in [0, 0.05) is 89.5 Å². The quantitative estimate of drug-likeness (QED) is 0.401. The van der Waals surface area contributed by atoms with E-state index in [1.54, 1.807) is 25.2 Å². The largest absolute Gasteiger partial charge is 0.573 e. The number of carboxylic acid groups (broad SMARTS) is 1. The monoisotopic (exact) mass is 629 g/mol. The van der Waals surface area contributed by atoms with Gasteiger partial charge in [0.1, 0.15) is 5.75 Å². The third kappa shape index (κ3) is 7.25. The van der Waals surface area contributed by atoms with Crippen LogP contribution >= 0.6 is 0 Å². The zero-order chi connectivity index (χ0) is 31.6. The predicted molar refractivity (Wildman–Crippen MR) is 153 cm³/mol. The number of hydrogen-bond acceptors (Lipinski definition) is 7. The highest BCUT2D eigenvalue weighted by Crippen LogP contribution is 2.43. The number of likely N-dealkylation sites (tertiary alicyclic amines) is 2. The fourth-order valence-corrected chi connectivity index (χ4v) is 7.66. The molecule has 13 heteroatoms. The summed E-state index contributed by atoms with van der Waals surface area (Å²) in [7, 11) is 3.25. The summed E-state index contributed by atoms with van der Waals surface area (Å²) in [6.07, 6.45) is -0.172.